The van der Waals surface area contributed by atoms with Crippen molar-refractivity contribution in [3.8, 4) is 5.75 Å². The molecule has 4 rings (SSSR count). The third kappa shape index (κ3) is 5.76. The van der Waals surface area contributed by atoms with Crippen LogP contribution in [0.5, 0.6) is 5.75 Å². The van der Waals surface area contributed by atoms with E-state index in [0.29, 0.717) is 5.75 Å². The maximum atomic E-state index is 12.5. The fraction of sp³-hybridized carbons (Fsp3) is 0.320. The Hall–Kier alpha value is -3.26. The Balaban J connectivity index is 1.31. The number of thioether (sulfide) groups is 1. The van der Waals surface area contributed by atoms with Gasteiger partial charge in [0.15, 0.2) is 0 Å². The van der Waals surface area contributed by atoms with Gasteiger partial charge in [-0.05, 0) is 43.2 Å². The van der Waals surface area contributed by atoms with E-state index >= 15 is 0 Å². The highest BCUT2D eigenvalue weighted by atomic mass is 32.2. The standard InChI is InChI=1S/C25H29N5O2S/c1-18-6-4-9-22(19(18)2)28-24(31)16-33-25-15-23(26-17-27-25)30-12-10-29(11-13-30)20-7-5-8-21(14-20)32-3/h4-9,14-15,17H,10-13,16H2,1-3H3,(H,28,31). The molecule has 0 atom stereocenters. The van der Waals surface area contributed by atoms with E-state index in [1.54, 1.807) is 13.4 Å². The van der Waals surface area contributed by atoms with Gasteiger partial charge in [0.2, 0.25) is 5.91 Å². The van der Waals surface area contributed by atoms with Crippen LogP contribution >= 0.6 is 11.8 Å². The average molecular weight is 464 g/mol. The first kappa shape index (κ1) is 22.9. The fourth-order valence-electron chi connectivity index (χ4n) is 3.79. The number of aromatic nitrogens is 2. The van der Waals surface area contributed by atoms with Crippen LogP contribution in [-0.4, -0.2) is 54.9 Å². The Bertz CT molecular complexity index is 1120. The van der Waals surface area contributed by atoms with Crippen LogP contribution in [0.25, 0.3) is 0 Å². The van der Waals surface area contributed by atoms with Gasteiger partial charge in [-0.15, -0.1) is 0 Å². The molecule has 2 heterocycles. The van der Waals surface area contributed by atoms with Crippen LogP contribution in [0.2, 0.25) is 0 Å². The minimum atomic E-state index is -0.0410. The molecule has 1 saturated heterocycles. The Morgan fingerprint density at radius 2 is 1.79 bits per heavy atom. The smallest absolute Gasteiger partial charge is 0.234 e. The Labute approximate surface area is 199 Å². The second kappa shape index (κ2) is 10.6. The SMILES string of the molecule is COc1cccc(N2CCN(c3cc(SCC(=O)Nc4cccc(C)c4C)ncn3)CC2)c1. The molecule has 1 aliphatic rings. The monoisotopic (exact) mass is 463 g/mol. The van der Waals surface area contributed by atoms with Gasteiger partial charge in [-0.25, -0.2) is 9.97 Å². The molecule has 1 fully saturated rings. The summed E-state index contributed by atoms with van der Waals surface area (Å²) in [5.74, 6) is 2.02. The number of methoxy groups -OCH3 is 1. The van der Waals surface area contributed by atoms with E-state index in [9.17, 15) is 4.79 Å². The fourth-order valence-corrected chi connectivity index (χ4v) is 4.46. The number of nitrogens with zero attached hydrogens (tertiary/aromatic N) is 4. The lowest BCUT2D eigenvalue weighted by molar-refractivity contribution is -0.113. The number of carbonyl (C=O) groups excluding carboxylic acids is 1. The first-order valence-electron chi connectivity index (χ1n) is 11.0. The van der Waals surface area contributed by atoms with Crippen molar-refractivity contribution < 1.29 is 9.53 Å². The molecule has 1 aromatic heterocycles. The molecule has 33 heavy (non-hydrogen) atoms. The summed E-state index contributed by atoms with van der Waals surface area (Å²) in [7, 11) is 1.69. The van der Waals surface area contributed by atoms with Crippen molar-refractivity contribution in [2.75, 3.05) is 54.2 Å². The topological polar surface area (TPSA) is 70.6 Å². The van der Waals surface area contributed by atoms with E-state index in [1.165, 1.54) is 17.4 Å². The van der Waals surface area contributed by atoms with Crippen LogP contribution in [-0.2, 0) is 4.79 Å². The molecular formula is C25H29N5O2S. The summed E-state index contributed by atoms with van der Waals surface area (Å²) >= 11 is 1.42. The van der Waals surface area contributed by atoms with Crippen molar-refractivity contribution in [1.82, 2.24) is 9.97 Å². The molecule has 0 spiro atoms. The van der Waals surface area contributed by atoms with Gasteiger partial charge in [-0.2, -0.15) is 0 Å². The summed E-state index contributed by atoms with van der Waals surface area (Å²) in [6.45, 7) is 7.59. The lowest BCUT2D eigenvalue weighted by atomic mass is 10.1. The highest BCUT2D eigenvalue weighted by Crippen LogP contribution is 2.25. The molecular weight excluding hydrogens is 434 g/mol. The van der Waals surface area contributed by atoms with Crippen LogP contribution in [0.3, 0.4) is 0 Å². The minimum absolute atomic E-state index is 0.0410. The summed E-state index contributed by atoms with van der Waals surface area (Å²) in [5.41, 5.74) is 4.28. The lowest BCUT2D eigenvalue weighted by Gasteiger charge is -2.36. The van der Waals surface area contributed by atoms with E-state index in [1.807, 2.05) is 50.2 Å². The van der Waals surface area contributed by atoms with Gasteiger partial charge in [-0.1, -0.05) is 30.0 Å². The normalized spacial score (nSPS) is 13.7. The molecule has 1 N–H and O–H groups in total. The van der Waals surface area contributed by atoms with Gasteiger partial charge in [-0.3, -0.25) is 4.79 Å². The van der Waals surface area contributed by atoms with E-state index < -0.39 is 0 Å². The van der Waals surface area contributed by atoms with Crippen LogP contribution < -0.4 is 19.9 Å². The zero-order valence-corrected chi connectivity index (χ0v) is 20.1. The van der Waals surface area contributed by atoms with Crippen molar-refractivity contribution in [2.45, 2.75) is 18.9 Å². The molecule has 0 aliphatic carbocycles. The second-order valence-corrected chi connectivity index (χ2v) is 8.97. The number of hydrogen-bond donors (Lipinski definition) is 1. The molecule has 1 amide bonds. The van der Waals surface area contributed by atoms with Gasteiger partial charge < -0.3 is 19.9 Å². The van der Waals surface area contributed by atoms with E-state index in [0.717, 1.165) is 59.6 Å². The predicted molar refractivity (Wildman–Crippen MR) is 135 cm³/mol. The second-order valence-electron chi connectivity index (χ2n) is 7.97. The minimum Gasteiger partial charge on any atom is -0.497 e. The van der Waals surface area contributed by atoms with Gasteiger partial charge in [0.1, 0.15) is 22.9 Å². The lowest BCUT2D eigenvalue weighted by Crippen LogP contribution is -2.46. The summed E-state index contributed by atoms with van der Waals surface area (Å²) in [6, 6.07) is 16.1. The number of ether oxygens (including phenoxy) is 1. The van der Waals surface area contributed by atoms with Crippen molar-refractivity contribution in [3.63, 3.8) is 0 Å². The van der Waals surface area contributed by atoms with E-state index in [-0.39, 0.29) is 5.91 Å². The zero-order chi connectivity index (χ0) is 23.2. The molecule has 0 radical (unpaired) electrons. The molecule has 1 aliphatic heterocycles. The first-order valence-corrected chi connectivity index (χ1v) is 12.0. The van der Waals surface area contributed by atoms with Crippen molar-refractivity contribution >= 4 is 34.9 Å². The van der Waals surface area contributed by atoms with Gasteiger partial charge in [0.25, 0.3) is 0 Å². The highest BCUT2D eigenvalue weighted by Gasteiger charge is 2.19. The van der Waals surface area contributed by atoms with Crippen LogP contribution in [0.1, 0.15) is 11.1 Å². The summed E-state index contributed by atoms with van der Waals surface area (Å²) in [6.07, 6.45) is 1.58. The predicted octanol–water partition coefficient (Wildman–Crippen LogP) is 4.16. The Morgan fingerprint density at radius 1 is 1.03 bits per heavy atom. The van der Waals surface area contributed by atoms with Gasteiger partial charge in [0, 0.05) is 49.7 Å². The summed E-state index contributed by atoms with van der Waals surface area (Å²) in [5, 5.41) is 3.80. The number of nitrogens with one attached hydrogen (secondary N) is 1. The third-order valence-corrected chi connectivity index (χ3v) is 6.81. The number of amides is 1. The molecule has 8 heteroatoms. The number of rotatable bonds is 7. The maximum Gasteiger partial charge on any atom is 0.234 e. The van der Waals surface area contributed by atoms with Crippen LogP contribution in [0, 0.1) is 13.8 Å². The number of piperazine rings is 1. The molecule has 0 unspecified atom stereocenters. The Morgan fingerprint density at radius 3 is 2.58 bits per heavy atom. The number of hydrogen-bond acceptors (Lipinski definition) is 7. The molecule has 172 valence electrons. The Kier molecular flexibility index (Phi) is 7.34. The molecule has 7 nitrogen and oxygen atoms in total. The molecule has 3 aromatic rings. The molecule has 0 bridgehead atoms. The number of anilines is 3. The summed E-state index contributed by atoms with van der Waals surface area (Å²) < 4.78 is 5.35. The van der Waals surface area contributed by atoms with E-state index in [4.69, 9.17) is 4.74 Å². The van der Waals surface area contributed by atoms with Crippen molar-refractivity contribution in [2.24, 2.45) is 0 Å². The zero-order valence-electron chi connectivity index (χ0n) is 19.2. The average Bonchev–Trinajstić information content (AvgIpc) is 2.86. The van der Waals surface area contributed by atoms with Crippen molar-refractivity contribution in [1.29, 1.82) is 0 Å². The van der Waals surface area contributed by atoms with Crippen LogP contribution in [0.15, 0.2) is 59.9 Å². The largest absolute Gasteiger partial charge is 0.497 e. The summed E-state index contributed by atoms with van der Waals surface area (Å²) in [4.78, 5) is 25.9. The number of benzene rings is 2. The van der Waals surface area contributed by atoms with Crippen LogP contribution in [0.4, 0.5) is 17.2 Å². The van der Waals surface area contributed by atoms with Crippen molar-refractivity contribution in [3.05, 3.63) is 66.0 Å². The quantitative estimate of drug-likeness (QED) is 0.417. The first-order chi connectivity index (χ1) is 16.0. The van der Waals surface area contributed by atoms with Gasteiger partial charge in [0.05, 0.1) is 12.9 Å². The number of aryl methyl sites for hydroxylation is 1. The highest BCUT2D eigenvalue weighted by molar-refractivity contribution is 7.99. The third-order valence-electron chi connectivity index (χ3n) is 5.88. The van der Waals surface area contributed by atoms with Gasteiger partial charge >= 0.3 is 0 Å². The molecule has 0 saturated carbocycles. The maximum absolute atomic E-state index is 12.5. The molecule has 2 aromatic carbocycles. The van der Waals surface area contributed by atoms with E-state index in [2.05, 4.69) is 37.2 Å². The number of carbonyl (C=O) groups is 1.